The molecule has 8 nitrogen and oxygen atoms in total. The van der Waals surface area contributed by atoms with E-state index in [0.29, 0.717) is 17.8 Å². The number of hydrogen-bond donors (Lipinski definition) is 1. The third-order valence-corrected chi connectivity index (χ3v) is 6.15. The molecule has 11 heteroatoms. The van der Waals surface area contributed by atoms with Gasteiger partial charge in [-0.2, -0.15) is 18.2 Å². The molecule has 4 heterocycles. The summed E-state index contributed by atoms with van der Waals surface area (Å²) in [6, 6.07) is 5.19. The fourth-order valence-electron chi connectivity index (χ4n) is 4.58. The van der Waals surface area contributed by atoms with Crippen LogP contribution >= 0.6 is 0 Å². The summed E-state index contributed by atoms with van der Waals surface area (Å²) < 4.78 is 50.7. The zero-order valence-electron chi connectivity index (χ0n) is 17.1. The summed E-state index contributed by atoms with van der Waals surface area (Å²) in [7, 11) is 0. The Morgan fingerprint density at radius 1 is 1.26 bits per heavy atom. The Balaban J connectivity index is 1.33. The van der Waals surface area contributed by atoms with Gasteiger partial charge in [-0.15, -0.1) is 5.10 Å². The van der Waals surface area contributed by atoms with E-state index in [0.717, 1.165) is 44.4 Å². The lowest BCUT2D eigenvalue weighted by atomic mass is 9.92. The second-order valence-electron chi connectivity index (χ2n) is 8.36. The molecule has 1 aliphatic heterocycles. The number of aryl methyl sites for hydroxylation is 1. The molecule has 2 fully saturated rings. The molecule has 0 amide bonds. The van der Waals surface area contributed by atoms with Gasteiger partial charge in [0.2, 0.25) is 11.8 Å². The Kier molecular flexibility index (Phi) is 4.71. The number of rotatable bonds is 5. The third-order valence-electron chi connectivity index (χ3n) is 6.15. The number of aromatic nitrogens is 4. The fraction of sp³-hybridized carbons (Fsp3) is 0.550. The number of alkyl halides is 3. The van der Waals surface area contributed by atoms with Crippen LogP contribution < -0.4 is 15.0 Å². The number of fused-ring (bicyclic) bond motifs is 3. The molecule has 3 aromatic heterocycles. The van der Waals surface area contributed by atoms with Crippen molar-refractivity contribution in [3.05, 3.63) is 30.1 Å². The zero-order valence-corrected chi connectivity index (χ0v) is 17.1. The minimum atomic E-state index is -4.46. The summed E-state index contributed by atoms with van der Waals surface area (Å²) in [5.74, 6) is 2.00. The van der Waals surface area contributed by atoms with Gasteiger partial charge in [0.05, 0.1) is 5.69 Å². The van der Waals surface area contributed by atoms with Crippen LogP contribution in [0, 0.1) is 18.8 Å². The van der Waals surface area contributed by atoms with E-state index in [1.807, 2.05) is 13.0 Å². The van der Waals surface area contributed by atoms with Gasteiger partial charge in [-0.3, -0.25) is 0 Å². The van der Waals surface area contributed by atoms with E-state index in [-0.39, 0.29) is 17.4 Å². The molecule has 4 atom stereocenters. The van der Waals surface area contributed by atoms with E-state index >= 15 is 0 Å². The van der Waals surface area contributed by atoms with Crippen molar-refractivity contribution in [2.45, 2.75) is 45.0 Å². The van der Waals surface area contributed by atoms with Gasteiger partial charge >= 0.3 is 6.18 Å². The maximum absolute atomic E-state index is 12.9. The summed E-state index contributed by atoms with van der Waals surface area (Å²) >= 11 is 0. The van der Waals surface area contributed by atoms with Crippen LogP contribution in [0.2, 0.25) is 0 Å². The molecule has 3 aromatic rings. The summed E-state index contributed by atoms with van der Waals surface area (Å²) in [6.07, 6.45) is -2.59. The van der Waals surface area contributed by atoms with Gasteiger partial charge in [0.1, 0.15) is 0 Å². The van der Waals surface area contributed by atoms with E-state index in [9.17, 15) is 13.2 Å². The van der Waals surface area contributed by atoms with Crippen molar-refractivity contribution in [1.82, 2.24) is 19.8 Å². The first-order valence-electron chi connectivity index (χ1n) is 10.3. The average Bonchev–Trinajstić information content (AvgIpc) is 3.38. The van der Waals surface area contributed by atoms with Gasteiger partial charge in [-0.1, -0.05) is 5.16 Å². The lowest BCUT2D eigenvalue weighted by molar-refractivity contribution is -0.189. The molecule has 1 saturated carbocycles. The first-order valence-corrected chi connectivity index (χ1v) is 10.3. The predicted molar refractivity (Wildman–Crippen MR) is 106 cm³/mol. The van der Waals surface area contributed by atoms with Crippen LogP contribution in [0.5, 0.6) is 5.75 Å². The zero-order chi connectivity index (χ0) is 21.8. The number of halogens is 3. The highest BCUT2D eigenvalue weighted by molar-refractivity contribution is 5.56. The normalized spacial score (nSPS) is 24.5. The van der Waals surface area contributed by atoms with E-state index in [2.05, 4.69) is 25.5 Å². The second kappa shape index (κ2) is 7.31. The largest absolute Gasteiger partial charge is 0.477 e. The van der Waals surface area contributed by atoms with Crippen molar-refractivity contribution in [2.24, 2.45) is 11.8 Å². The van der Waals surface area contributed by atoms with E-state index in [1.54, 1.807) is 12.3 Å². The summed E-state index contributed by atoms with van der Waals surface area (Å²) in [5, 5.41) is 11.8. The molecular weight excluding hydrogens is 413 g/mol. The van der Waals surface area contributed by atoms with Crippen molar-refractivity contribution in [3.8, 4) is 5.75 Å². The molecule has 0 spiro atoms. The van der Waals surface area contributed by atoms with Gasteiger partial charge in [-0.25, -0.2) is 4.52 Å². The molecule has 5 rings (SSSR count). The topological polar surface area (TPSA) is 80.7 Å². The molecule has 166 valence electrons. The molecule has 1 unspecified atom stereocenters. The average molecular weight is 436 g/mol. The van der Waals surface area contributed by atoms with Crippen molar-refractivity contribution in [3.63, 3.8) is 0 Å². The molecule has 0 aromatic carbocycles. The van der Waals surface area contributed by atoms with Crippen LogP contribution in [0.3, 0.4) is 0 Å². The number of ether oxygens (including phenoxy) is 1. The standard InChI is InChI=1S/C20H23F3N6O2/c1-11-8-16(31-27-11)28-9-13-5-6-14(10-28)17(13)24-19-25-18-15(4-3-7-29(18)26-19)30-12(2)20(21,22)23/h3-4,7-8,12-14,17H,5-6,9-10H2,1-2H3,(H,24,26)/t12-,13+,14?,17+/m1/s1. The Morgan fingerprint density at radius 3 is 2.65 bits per heavy atom. The SMILES string of the molecule is Cc1cc(N2CC3CC[C@@H](C2)[C@@H]3Nc2nc3c(O[C@H](C)C(F)(F)F)cccn3n2)on1. The van der Waals surface area contributed by atoms with Crippen LogP contribution in [0.25, 0.3) is 5.65 Å². The van der Waals surface area contributed by atoms with E-state index < -0.39 is 12.3 Å². The first kappa shape index (κ1) is 20.0. The minimum absolute atomic E-state index is 0.0476. The number of piperidine rings is 1. The summed E-state index contributed by atoms with van der Waals surface area (Å²) in [5.41, 5.74) is 1.11. The highest BCUT2D eigenvalue weighted by Gasteiger charge is 2.43. The summed E-state index contributed by atoms with van der Waals surface area (Å²) in [4.78, 5) is 6.65. The van der Waals surface area contributed by atoms with Crippen molar-refractivity contribution in [1.29, 1.82) is 0 Å². The number of anilines is 2. The van der Waals surface area contributed by atoms with E-state index in [1.165, 1.54) is 10.6 Å². The quantitative estimate of drug-likeness (QED) is 0.654. The smallest absolute Gasteiger partial charge is 0.425 e. The molecular formula is C20H23F3N6O2. The molecule has 31 heavy (non-hydrogen) atoms. The highest BCUT2D eigenvalue weighted by atomic mass is 19.4. The number of pyridine rings is 1. The van der Waals surface area contributed by atoms with Crippen molar-refractivity contribution in [2.75, 3.05) is 23.3 Å². The van der Waals surface area contributed by atoms with Gasteiger partial charge in [0.15, 0.2) is 17.5 Å². The Labute approximate surface area is 176 Å². The molecule has 1 aliphatic carbocycles. The van der Waals surface area contributed by atoms with Gasteiger partial charge in [-0.05, 0) is 50.7 Å². The number of nitrogens with zero attached hydrogens (tertiary/aromatic N) is 5. The monoisotopic (exact) mass is 436 g/mol. The van der Waals surface area contributed by atoms with Gasteiger partial charge in [0.25, 0.3) is 0 Å². The molecule has 2 bridgehead atoms. The Hall–Kier alpha value is -2.98. The fourth-order valence-corrected chi connectivity index (χ4v) is 4.58. The lowest BCUT2D eigenvalue weighted by Gasteiger charge is -2.37. The molecule has 2 aliphatic rings. The van der Waals surface area contributed by atoms with Crippen LogP contribution in [-0.2, 0) is 0 Å². The predicted octanol–water partition coefficient (Wildman–Crippen LogP) is 3.68. The molecule has 0 radical (unpaired) electrons. The van der Waals surface area contributed by atoms with Crippen LogP contribution in [0.15, 0.2) is 28.9 Å². The minimum Gasteiger partial charge on any atom is -0.477 e. The maximum Gasteiger partial charge on any atom is 0.425 e. The maximum atomic E-state index is 12.9. The Bertz CT molecular complexity index is 1070. The number of hydrogen-bond acceptors (Lipinski definition) is 7. The van der Waals surface area contributed by atoms with Crippen molar-refractivity contribution < 1.29 is 22.4 Å². The Morgan fingerprint density at radius 2 is 2.00 bits per heavy atom. The lowest BCUT2D eigenvalue weighted by Crippen LogP contribution is -2.48. The first-order chi connectivity index (χ1) is 14.8. The van der Waals surface area contributed by atoms with Gasteiger partial charge in [0, 0.05) is 31.4 Å². The van der Waals surface area contributed by atoms with Crippen LogP contribution in [-0.4, -0.2) is 51.2 Å². The molecule has 1 saturated heterocycles. The van der Waals surface area contributed by atoms with Gasteiger partial charge < -0.3 is 19.5 Å². The highest BCUT2D eigenvalue weighted by Crippen LogP contribution is 2.40. The number of nitrogens with one attached hydrogen (secondary N) is 1. The van der Waals surface area contributed by atoms with Crippen molar-refractivity contribution >= 4 is 17.5 Å². The second-order valence-corrected chi connectivity index (χ2v) is 8.36. The van der Waals surface area contributed by atoms with E-state index in [4.69, 9.17) is 9.26 Å². The van der Waals surface area contributed by atoms with Crippen LogP contribution in [0.4, 0.5) is 25.0 Å². The molecule has 1 N–H and O–H groups in total. The third kappa shape index (κ3) is 3.77. The van der Waals surface area contributed by atoms with Crippen LogP contribution in [0.1, 0.15) is 25.5 Å². The summed E-state index contributed by atoms with van der Waals surface area (Å²) in [6.45, 7) is 4.56.